The summed E-state index contributed by atoms with van der Waals surface area (Å²) in [6, 6.07) is 16.3. The molecule has 2 aromatic rings. The third-order valence-electron chi connectivity index (χ3n) is 5.15. The molecular weight excluding hydrogens is 428 g/mol. The smallest absolute Gasteiger partial charge is 0.376 e. The van der Waals surface area contributed by atoms with Crippen LogP contribution < -0.4 is 15.2 Å². The van der Waals surface area contributed by atoms with Crippen molar-refractivity contribution in [2.75, 3.05) is 63.1 Å². The number of carbonyl (C=O) groups is 1. The van der Waals surface area contributed by atoms with Crippen LogP contribution in [0.1, 0.15) is 20.8 Å². The number of esters is 1. The summed E-state index contributed by atoms with van der Waals surface area (Å²) in [5.74, 6) is -0.287. The molecule has 0 unspecified atom stereocenters. The minimum absolute atomic E-state index is 0.193. The Hall–Kier alpha value is -3.68. The van der Waals surface area contributed by atoms with Crippen LogP contribution in [-0.2, 0) is 9.53 Å². The fourth-order valence-electron chi connectivity index (χ4n) is 3.23. The first-order valence-corrected chi connectivity index (χ1v) is 11.6. The van der Waals surface area contributed by atoms with Gasteiger partial charge in [0.1, 0.15) is 0 Å². The first-order valence-electron chi connectivity index (χ1n) is 11.6. The van der Waals surface area contributed by atoms with Crippen molar-refractivity contribution in [1.82, 2.24) is 9.80 Å². The first-order chi connectivity index (χ1) is 16.3. The van der Waals surface area contributed by atoms with Gasteiger partial charge in [-0.3, -0.25) is 5.01 Å². The summed E-state index contributed by atoms with van der Waals surface area (Å²) in [6.45, 7) is 8.35. The molecule has 0 saturated heterocycles. The van der Waals surface area contributed by atoms with Gasteiger partial charge in [0.15, 0.2) is 0 Å². The second kappa shape index (κ2) is 13.1. The maximum Gasteiger partial charge on any atom is 0.376 e. The number of ether oxygens (including phenoxy) is 1. The molecule has 0 radical (unpaired) electrons. The average Bonchev–Trinajstić information content (AvgIpc) is 2.83. The molecule has 2 aromatic carbocycles. The van der Waals surface area contributed by atoms with Crippen molar-refractivity contribution in [3.8, 4) is 0 Å². The summed E-state index contributed by atoms with van der Waals surface area (Å²) >= 11 is 0. The van der Waals surface area contributed by atoms with Gasteiger partial charge in [0.05, 0.1) is 12.3 Å². The molecule has 0 heterocycles. The summed E-state index contributed by atoms with van der Waals surface area (Å²) in [4.78, 5) is 18.3. The summed E-state index contributed by atoms with van der Waals surface area (Å²) in [5, 5.41) is 9.59. The van der Waals surface area contributed by atoms with Crippen molar-refractivity contribution in [1.29, 1.82) is 0 Å². The van der Waals surface area contributed by atoms with Gasteiger partial charge in [0.25, 0.3) is 0 Å². The molecule has 34 heavy (non-hydrogen) atoms. The molecule has 0 fully saturated rings. The lowest BCUT2D eigenvalue weighted by Gasteiger charge is -2.21. The molecule has 8 nitrogen and oxygen atoms in total. The molecule has 8 heteroatoms. The summed E-state index contributed by atoms with van der Waals surface area (Å²) < 4.78 is 5.19. The highest BCUT2D eigenvalue weighted by Gasteiger charge is 2.18. The molecule has 0 aromatic heterocycles. The highest BCUT2D eigenvalue weighted by molar-refractivity contribution is 6.35. The molecule has 0 atom stereocenters. The number of rotatable bonds is 10. The molecule has 0 amide bonds. The third-order valence-corrected chi connectivity index (χ3v) is 5.15. The van der Waals surface area contributed by atoms with E-state index in [4.69, 9.17) is 4.74 Å². The summed E-state index contributed by atoms with van der Waals surface area (Å²) in [5.41, 5.74) is 4.05. The maximum atomic E-state index is 12.5. The second-order valence-electron chi connectivity index (χ2n) is 7.93. The van der Waals surface area contributed by atoms with Crippen LogP contribution in [0.25, 0.3) is 0 Å². The van der Waals surface area contributed by atoms with Gasteiger partial charge in [0, 0.05) is 70.7 Å². The third kappa shape index (κ3) is 7.72. The molecule has 0 aliphatic heterocycles. The average molecular weight is 467 g/mol. The van der Waals surface area contributed by atoms with Gasteiger partial charge >= 0.3 is 5.97 Å². The van der Waals surface area contributed by atoms with Crippen molar-refractivity contribution >= 4 is 34.6 Å². The molecule has 1 N–H and O–H groups in total. The van der Waals surface area contributed by atoms with E-state index in [0.717, 1.165) is 30.2 Å². The number of hydrogen-bond donors (Lipinski definition) is 1. The van der Waals surface area contributed by atoms with Crippen LogP contribution in [0.4, 0.5) is 22.7 Å². The van der Waals surface area contributed by atoms with Crippen molar-refractivity contribution in [3.05, 3.63) is 60.9 Å². The van der Waals surface area contributed by atoms with E-state index >= 15 is 0 Å². The zero-order valence-electron chi connectivity index (χ0n) is 21.4. The predicted molar refractivity (Wildman–Crippen MR) is 143 cm³/mol. The monoisotopic (exact) mass is 466 g/mol. The van der Waals surface area contributed by atoms with E-state index in [0.29, 0.717) is 0 Å². The number of carbonyl (C=O) groups excluding carboxylic acids is 1. The van der Waals surface area contributed by atoms with Crippen LogP contribution in [0.3, 0.4) is 0 Å². The number of nitrogens with one attached hydrogen (secondary N) is 1. The van der Waals surface area contributed by atoms with Crippen LogP contribution >= 0.6 is 0 Å². The van der Waals surface area contributed by atoms with E-state index in [-0.39, 0.29) is 12.4 Å². The Balaban J connectivity index is 2.14. The molecule has 0 spiro atoms. The summed E-state index contributed by atoms with van der Waals surface area (Å²) in [7, 11) is 7.39. The lowest BCUT2D eigenvalue weighted by molar-refractivity contribution is -0.135. The van der Waals surface area contributed by atoms with Gasteiger partial charge < -0.3 is 24.8 Å². The van der Waals surface area contributed by atoms with Gasteiger partial charge in [0.2, 0.25) is 5.84 Å². The highest BCUT2D eigenvalue weighted by atomic mass is 16.5. The van der Waals surface area contributed by atoms with Crippen molar-refractivity contribution in [2.45, 2.75) is 20.8 Å². The molecule has 0 aliphatic rings. The van der Waals surface area contributed by atoms with Crippen molar-refractivity contribution in [2.24, 2.45) is 5.10 Å². The molecule has 0 bridgehead atoms. The van der Waals surface area contributed by atoms with E-state index in [1.165, 1.54) is 5.69 Å². The molecule has 184 valence electrons. The number of likely N-dealkylation sites (N-methyl/N-ethyl adjacent to an activating group) is 1. The molecule has 2 rings (SSSR count). The summed E-state index contributed by atoms with van der Waals surface area (Å²) in [6.07, 6.45) is 3.60. The normalized spacial score (nSPS) is 11.3. The van der Waals surface area contributed by atoms with Crippen LogP contribution in [0.5, 0.6) is 0 Å². The zero-order valence-corrected chi connectivity index (χ0v) is 21.4. The standard InChI is InChI=1S/C26H38N6O2/c1-8-32(9-2)24-17-13-22(14-18-24)27-21-11-15-23(16-12-21)31(7)28-25(26(33)34-10-3)30(6)20-19-29(4)5/h11-20,27H,8-10H2,1-7H3/b20-19-,28-25+. The lowest BCUT2D eigenvalue weighted by Crippen LogP contribution is -2.34. The largest absolute Gasteiger partial charge is 0.460 e. The number of hydrazone groups is 1. The number of nitrogens with zero attached hydrogens (tertiary/aromatic N) is 5. The second-order valence-corrected chi connectivity index (χ2v) is 7.93. The van der Waals surface area contributed by atoms with Crippen molar-refractivity contribution in [3.63, 3.8) is 0 Å². The Labute approximate surface area is 204 Å². The van der Waals surface area contributed by atoms with Crippen LogP contribution in [0, 0.1) is 0 Å². The van der Waals surface area contributed by atoms with Gasteiger partial charge in [-0.15, -0.1) is 5.10 Å². The van der Waals surface area contributed by atoms with Gasteiger partial charge in [-0.05, 0) is 69.3 Å². The van der Waals surface area contributed by atoms with Crippen LogP contribution in [-0.4, -0.2) is 69.5 Å². The van der Waals surface area contributed by atoms with Gasteiger partial charge in [-0.1, -0.05) is 0 Å². The van der Waals surface area contributed by atoms with Crippen LogP contribution in [0.2, 0.25) is 0 Å². The topological polar surface area (TPSA) is 63.7 Å². The number of hydrogen-bond acceptors (Lipinski definition) is 7. The van der Waals surface area contributed by atoms with E-state index in [1.54, 1.807) is 37.1 Å². The fraction of sp³-hybridized carbons (Fsp3) is 0.385. The quantitative estimate of drug-likeness (QED) is 0.238. The van der Waals surface area contributed by atoms with Gasteiger partial charge in [-0.2, -0.15) is 0 Å². The SMILES string of the molecule is CCOC(=O)/C(=N\N(C)c1ccc(Nc2ccc(N(CC)CC)cc2)cc1)N(C)/C=C\N(C)C. The van der Waals surface area contributed by atoms with E-state index in [1.807, 2.05) is 49.5 Å². The number of amidine groups is 1. The molecule has 0 aliphatic carbocycles. The Bertz CT molecular complexity index is 950. The predicted octanol–water partition coefficient (Wildman–Crippen LogP) is 4.55. The first kappa shape index (κ1) is 26.6. The maximum absolute atomic E-state index is 12.5. The zero-order chi connectivity index (χ0) is 25.1. The van der Waals surface area contributed by atoms with Crippen LogP contribution in [0.15, 0.2) is 66.0 Å². The Morgan fingerprint density at radius 1 is 0.853 bits per heavy atom. The Morgan fingerprint density at radius 2 is 1.38 bits per heavy atom. The van der Waals surface area contributed by atoms with Gasteiger partial charge in [-0.25, -0.2) is 4.79 Å². The molecular formula is C26H38N6O2. The minimum atomic E-state index is -0.480. The Morgan fingerprint density at radius 3 is 1.85 bits per heavy atom. The van der Waals surface area contributed by atoms with E-state index < -0.39 is 5.97 Å². The lowest BCUT2D eigenvalue weighted by atomic mass is 10.2. The van der Waals surface area contributed by atoms with E-state index in [9.17, 15) is 4.79 Å². The highest BCUT2D eigenvalue weighted by Crippen LogP contribution is 2.23. The van der Waals surface area contributed by atoms with Crippen molar-refractivity contribution < 1.29 is 9.53 Å². The minimum Gasteiger partial charge on any atom is -0.460 e. The molecule has 0 saturated carbocycles. The Kier molecular flexibility index (Phi) is 10.3. The number of anilines is 4. The fourth-order valence-corrected chi connectivity index (χ4v) is 3.23. The van der Waals surface area contributed by atoms with E-state index in [2.05, 4.69) is 53.4 Å². The number of benzene rings is 2.